The van der Waals surface area contributed by atoms with E-state index in [4.69, 9.17) is 4.74 Å². The molecule has 2 saturated heterocycles. The summed E-state index contributed by atoms with van der Waals surface area (Å²) in [7, 11) is 0. The average Bonchev–Trinajstić information content (AvgIpc) is 3.09. The molecule has 0 saturated carbocycles. The molecular weight excluding hydrogens is 294 g/mol. The van der Waals surface area contributed by atoms with Crippen LogP contribution < -0.4 is 15.5 Å². The van der Waals surface area contributed by atoms with Crippen molar-refractivity contribution < 1.29 is 9.53 Å². The monoisotopic (exact) mass is 319 g/mol. The summed E-state index contributed by atoms with van der Waals surface area (Å²) in [5.74, 6) is 0.734. The third-order valence-corrected chi connectivity index (χ3v) is 4.37. The fourth-order valence-corrected chi connectivity index (χ4v) is 3.19. The number of rotatable bonds is 5. The molecular formula is C16H25N5O2. The molecule has 0 aromatic carbocycles. The van der Waals surface area contributed by atoms with Gasteiger partial charge in [-0.3, -0.25) is 0 Å². The van der Waals surface area contributed by atoms with Crippen LogP contribution in [0.3, 0.4) is 0 Å². The van der Waals surface area contributed by atoms with Gasteiger partial charge in [-0.15, -0.1) is 0 Å². The number of ether oxygens (including phenoxy) is 1. The molecule has 7 nitrogen and oxygen atoms in total. The standard InChI is InChI=1S/C16H25N5O2/c22-16(19-9-6-14-5-2-11-23-14)20-13-4-1-10-21(12-13)15-17-7-3-8-18-15/h3,7-8,13-14H,1-2,4-6,9-12H2,(H2,19,20,22). The molecule has 0 aliphatic carbocycles. The summed E-state index contributed by atoms with van der Waals surface area (Å²) in [5, 5.41) is 5.99. The Balaban J connectivity index is 1.39. The van der Waals surface area contributed by atoms with E-state index in [0.717, 1.165) is 57.7 Å². The normalized spacial score (nSPS) is 24.4. The second-order valence-corrected chi connectivity index (χ2v) is 6.16. The number of hydrogen-bond donors (Lipinski definition) is 2. The second-order valence-electron chi connectivity index (χ2n) is 6.16. The van der Waals surface area contributed by atoms with E-state index in [2.05, 4.69) is 25.5 Å². The van der Waals surface area contributed by atoms with Gasteiger partial charge in [0, 0.05) is 44.7 Å². The van der Waals surface area contributed by atoms with Gasteiger partial charge in [-0.2, -0.15) is 0 Å². The maximum absolute atomic E-state index is 12.0. The Kier molecular flexibility index (Phi) is 5.63. The first kappa shape index (κ1) is 16.0. The van der Waals surface area contributed by atoms with E-state index in [-0.39, 0.29) is 12.1 Å². The van der Waals surface area contributed by atoms with E-state index in [0.29, 0.717) is 12.6 Å². The number of nitrogens with one attached hydrogen (secondary N) is 2. The molecule has 0 bridgehead atoms. The lowest BCUT2D eigenvalue weighted by Gasteiger charge is -2.33. The number of amides is 2. The molecule has 2 fully saturated rings. The summed E-state index contributed by atoms with van der Waals surface area (Å²) in [4.78, 5) is 22.7. The number of carbonyl (C=O) groups is 1. The lowest BCUT2D eigenvalue weighted by Crippen LogP contribution is -2.51. The molecule has 2 aliphatic rings. The van der Waals surface area contributed by atoms with Gasteiger partial charge in [-0.25, -0.2) is 14.8 Å². The number of carbonyl (C=O) groups excluding carboxylic acids is 1. The van der Waals surface area contributed by atoms with Crippen LogP contribution in [0.25, 0.3) is 0 Å². The molecule has 0 spiro atoms. The Morgan fingerprint density at radius 1 is 1.30 bits per heavy atom. The van der Waals surface area contributed by atoms with Crippen LogP contribution in [-0.4, -0.2) is 54.4 Å². The number of urea groups is 1. The smallest absolute Gasteiger partial charge is 0.315 e. The summed E-state index contributed by atoms with van der Waals surface area (Å²) in [5.41, 5.74) is 0. The van der Waals surface area contributed by atoms with Gasteiger partial charge < -0.3 is 20.3 Å². The Bertz CT molecular complexity index is 493. The van der Waals surface area contributed by atoms with Crippen LogP contribution in [0.2, 0.25) is 0 Å². The van der Waals surface area contributed by atoms with Crippen molar-refractivity contribution in [3.8, 4) is 0 Å². The fraction of sp³-hybridized carbons (Fsp3) is 0.688. The topological polar surface area (TPSA) is 79.4 Å². The highest BCUT2D eigenvalue weighted by Gasteiger charge is 2.23. The van der Waals surface area contributed by atoms with Crippen molar-refractivity contribution in [1.82, 2.24) is 20.6 Å². The maximum Gasteiger partial charge on any atom is 0.315 e. The van der Waals surface area contributed by atoms with Crippen LogP contribution in [0, 0.1) is 0 Å². The summed E-state index contributed by atoms with van der Waals surface area (Å²) in [6.45, 7) is 3.21. The molecule has 1 aromatic heterocycles. The van der Waals surface area contributed by atoms with Gasteiger partial charge in [0.25, 0.3) is 0 Å². The minimum atomic E-state index is -0.0937. The van der Waals surface area contributed by atoms with Gasteiger partial charge in [-0.05, 0) is 38.2 Å². The predicted molar refractivity (Wildman–Crippen MR) is 87.4 cm³/mol. The summed E-state index contributed by atoms with van der Waals surface area (Å²) in [6.07, 6.45) is 8.96. The number of piperidine rings is 1. The highest BCUT2D eigenvalue weighted by Crippen LogP contribution is 2.16. The zero-order valence-corrected chi connectivity index (χ0v) is 13.4. The lowest BCUT2D eigenvalue weighted by atomic mass is 10.1. The fourth-order valence-electron chi connectivity index (χ4n) is 3.19. The van der Waals surface area contributed by atoms with Gasteiger partial charge in [0.15, 0.2) is 0 Å². The largest absolute Gasteiger partial charge is 0.378 e. The molecule has 2 aliphatic heterocycles. The van der Waals surface area contributed by atoms with Crippen molar-refractivity contribution in [1.29, 1.82) is 0 Å². The minimum Gasteiger partial charge on any atom is -0.378 e. The maximum atomic E-state index is 12.0. The zero-order valence-electron chi connectivity index (χ0n) is 13.4. The van der Waals surface area contributed by atoms with Crippen LogP contribution in [0.4, 0.5) is 10.7 Å². The van der Waals surface area contributed by atoms with Crippen molar-refractivity contribution in [2.45, 2.75) is 44.2 Å². The second kappa shape index (κ2) is 8.10. The molecule has 7 heteroatoms. The highest BCUT2D eigenvalue weighted by molar-refractivity contribution is 5.74. The molecule has 3 heterocycles. The third-order valence-electron chi connectivity index (χ3n) is 4.37. The summed E-state index contributed by atoms with van der Waals surface area (Å²) in [6, 6.07) is 1.85. The minimum absolute atomic E-state index is 0.0937. The van der Waals surface area contributed by atoms with Crippen LogP contribution in [-0.2, 0) is 4.74 Å². The molecule has 1 aromatic rings. The number of anilines is 1. The first-order valence-corrected chi connectivity index (χ1v) is 8.49. The van der Waals surface area contributed by atoms with Crippen LogP contribution in [0.15, 0.2) is 18.5 Å². The zero-order chi connectivity index (χ0) is 15.9. The summed E-state index contributed by atoms with van der Waals surface area (Å²) < 4.78 is 5.56. The first-order chi connectivity index (χ1) is 11.3. The van der Waals surface area contributed by atoms with Gasteiger partial charge in [0.1, 0.15) is 0 Å². The molecule has 3 rings (SSSR count). The van der Waals surface area contributed by atoms with E-state index in [9.17, 15) is 4.79 Å². The van der Waals surface area contributed by atoms with Crippen molar-refractivity contribution in [3.63, 3.8) is 0 Å². The van der Waals surface area contributed by atoms with Gasteiger partial charge in [0.2, 0.25) is 5.95 Å². The van der Waals surface area contributed by atoms with E-state index >= 15 is 0 Å². The average molecular weight is 319 g/mol. The van der Waals surface area contributed by atoms with Gasteiger partial charge >= 0.3 is 6.03 Å². The molecule has 2 unspecified atom stereocenters. The predicted octanol–water partition coefficient (Wildman–Crippen LogP) is 1.31. The molecule has 2 amide bonds. The van der Waals surface area contributed by atoms with E-state index in [1.54, 1.807) is 12.4 Å². The van der Waals surface area contributed by atoms with Gasteiger partial charge in [0.05, 0.1) is 6.10 Å². The van der Waals surface area contributed by atoms with Crippen molar-refractivity contribution >= 4 is 12.0 Å². The van der Waals surface area contributed by atoms with Crippen LogP contribution >= 0.6 is 0 Å². The van der Waals surface area contributed by atoms with Crippen molar-refractivity contribution in [2.75, 3.05) is 31.1 Å². The Morgan fingerprint density at radius 2 is 2.17 bits per heavy atom. The first-order valence-electron chi connectivity index (χ1n) is 8.49. The SMILES string of the molecule is O=C(NCCC1CCCO1)NC1CCCN(c2ncccn2)C1. The Morgan fingerprint density at radius 3 is 2.96 bits per heavy atom. The molecule has 23 heavy (non-hydrogen) atoms. The molecule has 126 valence electrons. The number of hydrogen-bond acceptors (Lipinski definition) is 5. The number of nitrogens with zero attached hydrogens (tertiary/aromatic N) is 3. The lowest BCUT2D eigenvalue weighted by molar-refractivity contribution is 0.104. The Labute approximate surface area is 136 Å². The van der Waals surface area contributed by atoms with E-state index in [1.165, 1.54) is 0 Å². The highest BCUT2D eigenvalue weighted by atomic mass is 16.5. The quantitative estimate of drug-likeness (QED) is 0.855. The molecule has 0 radical (unpaired) electrons. The summed E-state index contributed by atoms with van der Waals surface area (Å²) >= 11 is 0. The van der Waals surface area contributed by atoms with E-state index < -0.39 is 0 Å². The molecule has 2 N–H and O–H groups in total. The van der Waals surface area contributed by atoms with Gasteiger partial charge in [-0.1, -0.05) is 0 Å². The third kappa shape index (κ3) is 4.79. The van der Waals surface area contributed by atoms with Crippen LogP contribution in [0.1, 0.15) is 32.1 Å². The van der Waals surface area contributed by atoms with E-state index in [1.807, 2.05) is 6.07 Å². The Hall–Kier alpha value is -1.89. The number of aromatic nitrogens is 2. The van der Waals surface area contributed by atoms with Crippen molar-refractivity contribution in [2.24, 2.45) is 0 Å². The van der Waals surface area contributed by atoms with Crippen LogP contribution in [0.5, 0.6) is 0 Å². The molecule has 2 atom stereocenters. The van der Waals surface area contributed by atoms with Crippen molar-refractivity contribution in [3.05, 3.63) is 18.5 Å².